The van der Waals surface area contributed by atoms with Gasteiger partial charge in [-0.25, -0.2) is 17.9 Å². The monoisotopic (exact) mass is 321 g/mol. The van der Waals surface area contributed by atoms with E-state index in [-0.39, 0.29) is 22.1 Å². The van der Waals surface area contributed by atoms with Crippen LogP contribution in [-0.2, 0) is 14.8 Å². The number of rotatable bonds is 6. The highest BCUT2D eigenvalue weighted by Crippen LogP contribution is 2.23. The molecule has 1 unspecified atom stereocenters. The first-order valence-electron chi connectivity index (χ1n) is 5.86. The number of aliphatic hydroxyl groups is 1. The Kier molecular flexibility index (Phi) is 5.94. The molecule has 0 saturated carbocycles. The quantitative estimate of drug-likeness (QED) is 0.767. The normalized spacial score (nSPS) is 13.0. The average Bonchev–Trinajstić information content (AvgIpc) is 2.44. The van der Waals surface area contributed by atoms with Crippen molar-refractivity contribution >= 4 is 27.6 Å². The molecule has 0 aliphatic carbocycles. The van der Waals surface area contributed by atoms with Gasteiger partial charge < -0.3 is 9.84 Å². The molecule has 1 aromatic rings. The van der Waals surface area contributed by atoms with E-state index in [4.69, 9.17) is 16.7 Å². The molecule has 20 heavy (non-hydrogen) atoms. The Morgan fingerprint density at radius 2 is 2.15 bits per heavy atom. The summed E-state index contributed by atoms with van der Waals surface area (Å²) in [6.07, 6.45) is 0.421. The summed E-state index contributed by atoms with van der Waals surface area (Å²) in [6, 6.07) is 3.21. The summed E-state index contributed by atoms with van der Waals surface area (Å²) in [5, 5.41) is 9.04. The minimum Gasteiger partial charge on any atom is -0.465 e. The molecular weight excluding hydrogens is 306 g/mol. The molecule has 2 N–H and O–H groups in total. The minimum absolute atomic E-state index is 0.0158. The van der Waals surface area contributed by atoms with Gasteiger partial charge in [-0.15, -0.1) is 0 Å². The van der Waals surface area contributed by atoms with Crippen LogP contribution < -0.4 is 4.72 Å². The second kappa shape index (κ2) is 7.03. The van der Waals surface area contributed by atoms with Gasteiger partial charge in [0.05, 0.1) is 24.3 Å². The van der Waals surface area contributed by atoms with E-state index in [9.17, 15) is 13.2 Å². The average molecular weight is 322 g/mol. The van der Waals surface area contributed by atoms with Gasteiger partial charge in [0, 0.05) is 6.04 Å². The Morgan fingerprint density at radius 3 is 2.65 bits per heavy atom. The fourth-order valence-electron chi connectivity index (χ4n) is 1.49. The molecule has 0 amide bonds. The molecule has 0 bridgehead atoms. The second-order valence-electron chi connectivity index (χ2n) is 4.05. The molecular formula is C12H16ClNO5S. The maximum Gasteiger partial charge on any atom is 0.337 e. The highest BCUT2D eigenvalue weighted by atomic mass is 35.5. The largest absolute Gasteiger partial charge is 0.465 e. The molecule has 8 heteroatoms. The third kappa shape index (κ3) is 3.92. The van der Waals surface area contributed by atoms with Gasteiger partial charge in [-0.05, 0) is 24.6 Å². The molecule has 0 saturated heterocycles. The number of nitrogens with one attached hydrogen (secondary N) is 1. The van der Waals surface area contributed by atoms with Gasteiger partial charge >= 0.3 is 5.97 Å². The van der Waals surface area contributed by atoms with Crippen molar-refractivity contribution in [2.75, 3.05) is 13.7 Å². The summed E-state index contributed by atoms with van der Waals surface area (Å²) in [5.74, 6) is -0.660. The third-order valence-electron chi connectivity index (χ3n) is 2.68. The van der Waals surface area contributed by atoms with E-state index in [1.807, 2.05) is 0 Å². The zero-order valence-corrected chi connectivity index (χ0v) is 12.7. The summed E-state index contributed by atoms with van der Waals surface area (Å²) >= 11 is 5.86. The molecule has 0 aromatic heterocycles. The summed E-state index contributed by atoms with van der Waals surface area (Å²) < 4.78 is 31.2. The first-order chi connectivity index (χ1) is 9.35. The van der Waals surface area contributed by atoms with Crippen LogP contribution in [0.2, 0.25) is 5.02 Å². The maximum atomic E-state index is 12.2. The number of methoxy groups -OCH3 is 1. The van der Waals surface area contributed by atoms with Crippen molar-refractivity contribution in [1.29, 1.82) is 0 Å². The van der Waals surface area contributed by atoms with Crippen LogP contribution in [0.3, 0.4) is 0 Å². The molecule has 0 fully saturated rings. The van der Waals surface area contributed by atoms with E-state index in [0.29, 0.717) is 6.42 Å². The second-order valence-corrected chi connectivity index (χ2v) is 6.14. The molecule has 112 valence electrons. The summed E-state index contributed by atoms with van der Waals surface area (Å²) in [7, 11) is -2.73. The first-order valence-corrected chi connectivity index (χ1v) is 7.72. The van der Waals surface area contributed by atoms with Crippen LogP contribution in [-0.4, -0.2) is 39.3 Å². The van der Waals surface area contributed by atoms with Gasteiger partial charge in [-0.2, -0.15) is 0 Å². The number of benzene rings is 1. The van der Waals surface area contributed by atoms with Gasteiger partial charge in [-0.3, -0.25) is 0 Å². The number of sulfonamides is 1. The zero-order chi connectivity index (χ0) is 15.3. The Morgan fingerprint density at radius 1 is 1.50 bits per heavy atom. The predicted octanol–water partition coefficient (Wildman–Crippen LogP) is 1.18. The van der Waals surface area contributed by atoms with E-state index in [1.54, 1.807) is 6.92 Å². The van der Waals surface area contributed by atoms with Crippen LogP contribution in [0.4, 0.5) is 0 Å². The van der Waals surface area contributed by atoms with Crippen molar-refractivity contribution in [2.24, 2.45) is 0 Å². The molecule has 1 rings (SSSR count). The third-order valence-corrected chi connectivity index (χ3v) is 4.68. The molecule has 0 aliphatic rings. The number of hydrogen-bond acceptors (Lipinski definition) is 5. The Bertz CT molecular complexity index is 584. The molecule has 1 aromatic carbocycles. The number of ether oxygens (including phenoxy) is 1. The number of aliphatic hydroxyl groups excluding tert-OH is 1. The van der Waals surface area contributed by atoms with E-state index < -0.39 is 22.0 Å². The van der Waals surface area contributed by atoms with Gasteiger partial charge in [0.25, 0.3) is 0 Å². The van der Waals surface area contributed by atoms with Crippen molar-refractivity contribution < 1.29 is 23.1 Å². The highest BCUT2D eigenvalue weighted by molar-refractivity contribution is 7.89. The molecule has 0 spiro atoms. The van der Waals surface area contributed by atoms with E-state index in [2.05, 4.69) is 9.46 Å². The van der Waals surface area contributed by atoms with Crippen LogP contribution in [0.5, 0.6) is 0 Å². The lowest BCUT2D eigenvalue weighted by Crippen LogP contribution is -2.37. The predicted molar refractivity (Wildman–Crippen MR) is 74.3 cm³/mol. The highest BCUT2D eigenvalue weighted by Gasteiger charge is 2.23. The summed E-state index contributed by atoms with van der Waals surface area (Å²) in [4.78, 5) is 11.2. The lowest BCUT2D eigenvalue weighted by atomic mass is 10.2. The van der Waals surface area contributed by atoms with Crippen LogP contribution in [0, 0.1) is 0 Å². The van der Waals surface area contributed by atoms with E-state index >= 15 is 0 Å². The zero-order valence-electron chi connectivity index (χ0n) is 11.1. The lowest BCUT2D eigenvalue weighted by molar-refractivity contribution is 0.0600. The van der Waals surface area contributed by atoms with E-state index in [1.165, 1.54) is 19.2 Å². The van der Waals surface area contributed by atoms with Gasteiger partial charge in [-0.1, -0.05) is 18.5 Å². The smallest absolute Gasteiger partial charge is 0.337 e. The van der Waals surface area contributed by atoms with E-state index in [0.717, 1.165) is 6.07 Å². The number of halogens is 1. The molecule has 0 heterocycles. The Hall–Kier alpha value is -1.15. The number of esters is 1. The van der Waals surface area contributed by atoms with Crippen LogP contribution >= 0.6 is 11.6 Å². The molecule has 1 atom stereocenters. The Balaban J connectivity index is 3.20. The molecule has 0 aliphatic heterocycles. The van der Waals surface area contributed by atoms with Crippen molar-refractivity contribution in [1.82, 2.24) is 4.72 Å². The number of carbonyl (C=O) groups excluding carboxylic acids is 1. The van der Waals surface area contributed by atoms with Crippen molar-refractivity contribution in [3.05, 3.63) is 28.8 Å². The molecule has 0 radical (unpaired) electrons. The van der Waals surface area contributed by atoms with Crippen molar-refractivity contribution in [3.8, 4) is 0 Å². The van der Waals surface area contributed by atoms with Crippen molar-refractivity contribution in [3.63, 3.8) is 0 Å². The molecule has 6 nitrogen and oxygen atoms in total. The number of carbonyl (C=O) groups is 1. The number of hydrogen-bond donors (Lipinski definition) is 2. The first kappa shape index (κ1) is 16.9. The Labute approximate surface area is 122 Å². The topological polar surface area (TPSA) is 92.7 Å². The standard InChI is InChI=1S/C12H16ClNO5S/c1-3-9(7-15)14-20(17,18)11-6-8(12(16)19-2)4-5-10(11)13/h4-6,9,14-15H,3,7H2,1-2H3. The van der Waals surface area contributed by atoms with Crippen LogP contribution in [0.15, 0.2) is 23.1 Å². The summed E-state index contributed by atoms with van der Waals surface area (Å²) in [5.41, 5.74) is 0.0781. The maximum absolute atomic E-state index is 12.2. The van der Waals surface area contributed by atoms with Gasteiger partial charge in [0.2, 0.25) is 10.0 Å². The van der Waals surface area contributed by atoms with Gasteiger partial charge in [0.15, 0.2) is 0 Å². The van der Waals surface area contributed by atoms with Crippen LogP contribution in [0.1, 0.15) is 23.7 Å². The minimum atomic E-state index is -3.93. The van der Waals surface area contributed by atoms with Crippen LogP contribution in [0.25, 0.3) is 0 Å². The lowest BCUT2D eigenvalue weighted by Gasteiger charge is -2.15. The van der Waals surface area contributed by atoms with Crippen molar-refractivity contribution in [2.45, 2.75) is 24.3 Å². The van der Waals surface area contributed by atoms with Gasteiger partial charge in [0.1, 0.15) is 4.90 Å². The fraction of sp³-hybridized carbons (Fsp3) is 0.417. The fourth-order valence-corrected chi connectivity index (χ4v) is 3.32. The SMILES string of the molecule is CCC(CO)NS(=O)(=O)c1cc(C(=O)OC)ccc1Cl. The summed E-state index contributed by atoms with van der Waals surface area (Å²) in [6.45, 7) is 1.40.